The number of terminal acetylenes is 1. The average molecular weight is 848 g/mol. The lowest BCUT2D eigenvalue weighted by molar-refractivity contribution is -0.913. The first-order valence-corrected chi connectivity index (χ1v) is 23.4. The Kier molecular flexibility index (Phi) is 21.6. The molecule has 6 nitrogen and oxygen atoms in total. The van der Waals surface area contributed by atoms with E-state index in [0.717, 1.165) is 72.9 Å². The Hall–Kier alpha value is -1.67. The minimum absolute atomic E-state index is 0. The molecule has 0 radical (unpaired) electrons. The highest BCUT2D eigenvalue weighted by molar-refractivity contribution is 9.09. The summed E-state index contributed by atoms with van der Waals surface area (Å²) in [5, 5.41) is 0.867. The van der Waals surface area contributed by atoms with Crippen molar-refractivity contribution in [1.82, 2.24) is 4.90 Å². The van der Waals surface area contributed by atoms with Gasteiger partial charge in [-0.2, -0.15) is 0 Å². The molecule has 9 rings (SSSR count). The smallest absolute Gasteiger partial charge is 0.305 e. The summed E-state index contributed by atoms with van der Waals surface area (Å²) >= 11 is 3.22. The molecule has 9 aliphatic rings. The van der Waals surface area contributed by atoms with Gasteiger partial charge in [0.05, 0.1) is 19.4 Å². The van der Waals surface area contributed by atoms with E-state index in [4.69, 9.17) is 11.2 Å². The molecule has 8 heteroatoms. The molecule has 1 aliphatic heterocycles. The number of esters is 2. The van der Waals surface area contributed by atoms with E-state index in [1.807, 2.05) is 18.7 Å². The summed E-state index contributed by atoms with van der Waals surface area (Å²) in [7, 11) is 0. The normalized spacial score (nSPS) is 32.2. The Balaban J connectivity index is 0.000000232. The van der Waals surface area contributed by atoms with Crippen LogP contribution in [-0.4, -0.2) is 53.1 Å². The lowest BCUT2D eigenvalue weighted by Gasteiger charge is -2.60. The summed E-state index contributed by atoms with van der Waals surface area (Å²) in [4.78, 5) is 26.2. The number of halogens is 2. The van der Waals surface area contributed by atoms with Crippen LogP contribution in [0.25, 0.3) is 0 Å². The van der Waals surface area contributed by atoms with Crippen molar-refractivity contribution in [2.75, 3.05) is 25.2 Å². The summed E-state index contributed by atoms with van der Waals surface area (Å²) in [5.41, 5.74) is 1.22. The molecule has 1 N–H and O–H groups in total. The summed E-state index contributed by atoms with van der Waals surface area (Å²) < 4.78 is 9.48. The van der Waals surface area contributed by atoms with Crippen molar-refractivity contribution >= 4 is 27.9 Å². The number of carbonyl (C=O) groups is 2. The molecular formula is C47H76BrClN2O4. The Morgan fingerprint density at radius 3 is 1.56 bits per heavy atom. The maximum Gasteiger partial charge on any atom is 0.305 e. The molecule has 8 fully saturated rings. The summed E-state index contributed by atoms with van der Waals surface area (Å²) in [6.07, 6.45) is 39.0. The fraction of sp³-hybridized carbons (Fsp3) is 0.830. The highest BCUT2D eigenvalue weighted by Gasteiger charge is 2.59. The van der Waals surface area contributed by atoms with Gasteiger partial charge in [0.25, 0.3) is 0 Å². The van der Waals surface area contributed by atoms with Gasteiger partial charge in [-0.05, 0) is 133 Å². The maximum absolute atomic E-state index is 10.9. The molecule has 8 bridgehead atoms. The number of ether oxygens (including phenoxy) is 2. The predicted molar refractivity (Wildman–Crippen MR) is 224 cm³/mol. The number of carbonyl (C=O) groups excluding carboxylic acids is 2. The molecule has 0 amide bonds. The van der Waals surface area contributed by atoms with Gasteiger partial charge in [0.1, 0.15) is 11.7 Å². The standard InChI is InChI=1S/C23H34N2.C12H20O2.C6H11BrO2.C6H10.ClH/c1-2-25(23-12-19-6-20(13-23)8-21(7-19)14-23)15-24(1)22-9-16-3-17(10-22)5-18(4-16)11-22;1-3-5-6-7-8-9-10-11-12(13)14-4-2;1-2-9-6(8)4-3-5-7;1-3-5-6-4-2;/h1-2,16-21H,3-15H2;3-6,9-11H2,1-2H3;2-5H2,1H3;1H,4-6H2,2H3;1H. The van der Waals surface area contributed by atoms with Crippen LogP contribution in [0.5, 0.6) is 0 Å². The van der Waals surface area contributed by atoms with Gasteiger partial charge < -0.3 is 26.8 Å². The highest BCUT2D eigenvalue weighted by Crippen LogP contribution is 2.58. The fourth-order valence-electron chi connectivity index (χ4n) is 11.8. The fourth-order valence-corrected chi connectivity index (χ4v) is 12.1. The molecule has 0 spiro atoms. The van der Waals surface area contributed by atoms with Crippen molar-refractivity contribution in [3.8, 4) is 24.2 Å². The van der Waals surface area contributed by atoms with Crippen molar-refractivity contribution in [3.63, 3.8) is 0 Å². The van der Waals surface area contributed by atoms with Crippen LogP contribution in [0.15, 0.2) is 12.4 Å². The molecule has 1 unspecified atom stereocenters. The molecular weight excluding hydrogens is 772 g/mol. The number of nitrogens with one attached hydrogen (secondary N) is 1. The molecule has 0 aromatic carbocycles. The molecule has 312 valence electrons. The Morgan fingerprint density at radius 1 is 0.709 bits per heavy atom. The lowest BCUT2D eigenvalue weighted by atomic mass is 9.52. The van der Waals surface area contributed by atoms with Gasteiger partial charge in [-0.15, -0.1) is 24.2 Å². The second-order valence-corrected chi connectivity index (χ2v) is 18.6. The summed E-state index contributed by atoms with van der Waals surface area (Å²) in [6, 6.07) is 0. The molecule has 0 aromatic rings. The average Bonchev–Trinajstić information content (AvgIpc) is 3.66. The van der Waals surface area contributed by atoms with Crippen molar-refractivity contribution < 1.29 is 36.4 Å². The van der Waals surface area contributed by atoms with Crippen LogP contribution >= 0.6 is 15.9 Å². The zero-order chi connectivity index (χ0) is 38.8. The minimum atomic E-state index is -0.108. The third-order valence-corrected chi connectivity index (χ3v) is 14.0. The van der Waals surface area contributed by atoms with E-state index in [-0.39, 0.29) is 24.3 Å². The Labute approximate surface area is 351 Å². The van der Waals surface area contributed by atoms with E-state index in [0.29, 0.717) is 37.1 Å². The number of hydrogen-bond acceptors (Lipinski definition) is 5. The largest absolute Gasteiger partial charge is 1.00 e. The van der Waals surface area contributed by atoms with Crippen molar-refractivity contribution in [2.24, 2.45) is 35.5 Å². The SMILES string of the molecule is C#CCCCC.C1=C[NH+](C23CC4CC(CC(C4)C2)C3)CN1C12CC3CC(CC(C3)C1)C2.CCCCC#CCCCC(=O)OCC.CCOC(=O)CCCBr.[Cl-]. The highest BCUT2D eigenvalue weighted by atomic mass is 79.9. The second kappa shape index (κ2) is 25.0. The van der Waals surface area contributed by atoms with Crippen LogP contribution in [0.3, 0.4) is 0 Å². The van der Waals surface area contributed by atoms with Crippen LogP contribution in [0, 0.1) is 59.7 Å². The Morgan fingerprint density at radius 2 is 1.15 bits per heavy atom. The third-order valence-electron chi connectivity index (χ3n) is 13.4. The van der Waals surface area contributed by atoms with Crippen LogP contribution < -0.4 is 17.3 Å². The molecule has 8 saturated carbocycles. The van der Waals surface area contributed by atoms with E-state index < -0.39 is 0 Å². The van der Waals surface area contributed by atoms with Crippen molar-refractivity contribution in [3.05, 3.63) is 12.4 Å². The number of alkyl halides is 1. The van der Waals surface area contributed by atoms with Crippen molar-refractivity contribution in [2.45, 2.75) is 186 Å². The van der Waals surface area contributed by atoms with E-state index in [2.05, 4.69) is 69.6 Å². The predicted octanol–water partition coefficient (Wildman–Crippen LogP) is 7.01. The molecule has 1 atom stereocenters. The van der Waals surface area contributed by atoms with Crippen LogP contribution in [0.4, 0.5) is 0 Å². The number of nitrogens with zero attached hydrogens (tertiary/aromatic N) is 1. The summed E-state index contributed by atoms with van der Waals surface area (Å²) in [6.45, 7) is 10.2. The second-order valence-electron chi connectivity index (χ2n) is 17.8. The van der Waals surface area contributed by atoms with Crippen LogP contribution in [0.1, 0.15) is 175 Å². The van der Waals surface area contributed by atoms with Crippen molar-refractivity contribution in [1.29, 1.82) is 0 Å². The molecule has 55 heavy (non-hydrogen) atoms. The van der Waals surface area contributed by atoms with E-state index in [1.165, 1.54) is 51.6 Å². The first-order chi connectivity index (χ1) is 26.2. The summed E-state index contributed by atoms with van der Waals surface area (Å²) in [5.74, 6) is 15.0. The first kappa shape index (κ1) is 47.7. The van der Waals surface area contributed by atoms with Gasteiger partial charge in [0.2, 0.25) is 0 Å². The van der Waals surface area contributed by atoms with E-state index in [9.17, 15) is 9.59 Å². The lowest BCUT2D eigenvalue weighted by Crippen LogP contribution is -3.17. The topological polar surface area (TPSA) is 60.3 Å². The number of rotatable bonds is 14. The zero-order valence-corrected chi connectivity index (χ0v) is 37.5. The zero-order valence-electron chi connectivity index (χ0n) is 35.1. The van der Waals surface area contributed by atoms with Gasteiger partial charge in [-0.3, -0.25) is 14.5 Å². The van der Waals surface area contributed by atoms with Crippen LogP contribution in [0.2, 0.25) is 0 Å². The van der Waals surface area contributed by atoms with Gasteiger partial charge in [0.15, 0.2) is 6.67 Å². The van der Waals surface area contributed by atoms with Crippen LogP contribution in [-0.2, 0) is 19.1 Å². The Bertz CT molecular complexity index is 1160. The van der Waals surface area contributed by atoms with Gasteiger partial charge in [-0.25, -0.2) is 0 Å². The maximum atomic E-state index is 10.9. The number of hydrogen-bond donors (Lipinski definition) is 1. The quantitative estimate of drug-likeness (QED) is 0.0884. The monoisotopic (exact) mass is 846 g/mol. The third kappa shape index (κ3) is 14.6. The van der Waals surface area contributed by atoms with E-state index in [1.54, 1.807) is 57.8 Å². The molecule has 0 aromatic heterocycles. The van der Waals surface area contributed by atoms with E-state index >= 15 is 0 Å². The molecule has 0 saturated heterocycles. The minimum Gasteiger partial charge on any atom is -1.00 e. The molecule has 8 aliphatic carbocycles. The first-order valence-electron chi connectivity index (χ1n) is 22.3. The number of quaternary nitrogens is 1. The van der Waals surface area contributed by atoms with Gasteiger partial charge in [-0.1, -0.05) is 42.6 Å². The van der Waals surface area contributed by atoms with Gasteiger partial charge in [0, 0.05) is 62.2 Å². The molecule has 1 heterocycles. The van der Waals surface area contributed by atoms with Gasteiger partial charge >= 0.3 is 11.9 Å². The number of unbranched alkanes of at least 4 members (excludes halogenated alkanes) is 5.